The summed E-state index contributed by atoms with van der Waals surface area (Å²) in [4.78, 5) is 11.5. The molecule has 0 bridgehead atoms. The molecule has 0 spiro atoms. The Kier molecular flexibility index (Phi) is 5.98. The number of unbranched alkanes of at least 4 members (excludes halogenated alkanes) is 1. The number of carbonyl (C=O) groups is 1. The molecule has 0 heterocycles. The minimum atomic E-state index is -0.306. The lowest BCUT2D eigenvalue weighted by molar-refractivity contribution is -0.121. The highest BCUT2D eigenvalue weighted by atomic mass is 35.5. The van der Waals surface area contributed by atoms with Crippen molar-refractivity contribution in [2.24, 2.45) is 0 Å². The quantitative estimate of drug-likeness (QED) is 0.614. The van der Waals surface area contributed by atoms with E-state index in [2.05, 4.69) is 5.32 Å². The van der Waals surface area contributed by atoms with Gasteiger partial charge in [-0.2, -0.15) is 0 Å². The molecule has 0 radical (unpaired) electrons. The van der Waals surface area contributed by atoms with E-state index < -0.39 is 0 Å². The molecule has 1 amide bonds. The van der Waals surface area contributed by atoms with Gasteiger partial charge in [0.1, 0.15) is 5.82 Å². The molecule has 2 nitrogen and oxygen atoms in total. The zero-order valence-electron chi connectivity index (χ0n) is 9.88. The first-order chi connectivity index (χ1) is 8.15. The van der Waals surface area contributed by atoms with Crippen LogP contribution in [0.2, 0.25) is 0 Å². The third-order valence-corrected chi connectivity index (χ3v) is 2.80. The first-order valence-corrected chi connectivity index (χ1v) is 6.28. The average molecular weight is 258 g/mol. The second-order valence-corrected chi connectivity index (χ2v) is 4.33. The molecule has 0 aliphatic rings. The molecular formula is C13H17ClFNO. The number of alkyl halides is 1. The fraction of sp³-hybridized carbons (Fsp3) is 0.462. The smallest absolute Gasteiger partial charge is 0.220 e. The number of benzene rings is 1. The molecular weight excluding hydrogens is 241 g/mol. The van der Waals surface area contributed by atoms with Gasteiger partial charge in [0, 0.05) is 17.9 Å². The lowest BCUT2D eigenvalue weighted by Gasteiger charge is -2.14. The lowest BCUT2D eigenvalue weighted by Crippen LogP contribution is -2.26. The van der Waals surface area contributed by atoms with Crippen molar-refractivity contribution < 1.29 is 9.18 Å². The molecule has 0 aliphatic heterocycles. The SMILES string of the molecule is CC(NC(=O)CCCCCl)c1ccccc1F. The third-order valence-electron chi connectivity index (χ3n) is 2.54. The number of rotatable bonds is 6. The molecule has 1 aromatic carbocycles. The van der Waals surface area contributed by atoms with Gasteiger partial charge >= 0.3 is 0 Å². The van der Waals surface area contributed by atoms with Gasteiger partial charge < -0.3 is 5.32 Å². The predicted molar refractivity (Wildman–Crippen MR) is 67.5 cm³/mol. The molecule has 0 saturated carbocycles. The summed E-state index contributed by atoms with van der Waals surface area (Å²) in [6.45, 7) is 1.78. The summed E-state index contributed by atoms with van der Waals surface area (Å²) in [6, 6.07) is 6.16. The van der Waals surface area contributed by atoms with Crippen molar-refractivity contribution in [1.29, 1.82) is 0 Å². The summed E-state index contributed by atoms with van der Waals surface area (Å²) < 4.78 is 13.4. The van der Waals surface area contributed by atoms with Crippen molar-refractivity contribution in [3.63, 3.8) is 0 Å². The van der Waals surface area contributed by atoms with Gasteiger partial charge in [-0.15, -0.1) is 11.6 Å². The van der Waals surface area contributed by atoms with E-state index >= 15 is 0 Å². The van der Waals surface area contributed by atoms with Gasteiger partial charge in [0.2, 0.25) is 5.91 Å². The van der Waals surface area contributed by atoms with Crippen molar-refractivity contribution in [3.05, 3.63) is 35.6 Å². The number of hydrogen-bond acceptors (Lipinski definition) is 1. The number of amides is 1. The fourth-order valence-corrected chi connectivity index (χ4v) is 1.79. The summed E-state index contributed by atoms with van der Waals surface area (Å²) in [5.74, 6) is 0.211. The minimum Gasteiger partial charge on any atom is -0.349 e. The van der Waals surface area contributed by atoms with E-state index in [9.17, 15) is 9.18 Å². The molecule has 94 valence electrons. The van der Waals surface area contributed by atoms with Gasteiger partial charge in [-0.3, -0.25) is 4.79 Å². The Bertz CT molecular complexity index is 370. The fourth-order valence-electron chi connectivity index (χ4n) is 1.60. The molecule has 1 unspecified atom stereocenters. The van der Waals surface area contributed by atoms with Crippen LogP contribution in [0.25, 0.3) is 0 Å². The number of carbonyl (C=O) groups excluding carboxylic acids is 1. The number of nitrogens with one attached hydrogen (secondary N) is 1. The van der Waals surface area contributed by atoms with Crippen LogP contribution in [0.15, 0.2) is 24.3 Å². The Labute approximate surface area is 106 Å². The van der Waals surface area contributed by atoms with Gasteiger partial charge in [0.15, 0.2) is 0 Å². The molecule has 17 heavy (non-hydrogen) atoms. The number of hydrogen-bond donors (Lipinski definition) is 1. The molecule has 0 aromatic heterocycles. The van der Waals surface area contributed by atoms with Crippen molar-refractivity contribution in [2.45, 2.75) is 32.2 Å². The Morgan fingerprint density at radius 3 is 2.76 bits per heavy atom. The molecule has 1 N–H and O–H groups in total. The minimum absolute atomic E-state index is 0.0640. The van der Waals surface area contributed by atoms with E-state index in [4.69, 9.17) is 11.6 Å². The highest BCUT2D eigenvalue weighted by Crippen LogP contribution is 2.16. The summed E-state index contributed by atoms with van der Waals surface area (Å²) >= 11 is 5.53. The zero-order valence-corrected chi connectivity index (χ0v) is 10.6. The molecule has 1 aromatic rings. The van der Waals surface area contributed by atoms with Crippen LogP contribution in [0.4, 0.5) is 4.39 Å². The van der Waals surface area contributed by atoms with Crippen LogP contribution in [0.5, 0.6) is 0 Å². The molecule has 0 fully saturated rings. The molecule has 1 rings (SSSR count). The normalized spacial score (nSPS) is 12.2. The highest BCUT2D eigenvalue weighted by Gasteiger charge is 2.12. The van der Waals surface area contributed by atoms with Crippen LogP contribution >= 0.6 is 11.6 Å². The second kappa shape index (κ2) is 7.28. The predicted octanol–water partition coefficient (Wildman–Crippen LogP) is 3.41. The van der Waals surface area contributed by atoms with Crippen LogP contribution in [0.3, 0.4) is 0 Å². The topological polar surface area (TPSA) is 29.1 Å². The van der Waals surface area contributed by atoms with E-state index in [0.717, 1.165) is 12.8 Å². The van der Waals surface area contributed by atoms with Crippen molar-refractivity contribution in [1.82, 2.24) is 5.32 Å². The molecule has 0 aliphatic carbocycles. The van der Waals surface area contributed by atoms with Crippen molar-refractivity contribution >= 4 is 17.5 Å². The van der Waals surface area contributed by atoms with Crippen LogP contribution in [0, 0.1) is 5.82 Å². The van der Waals surface area contributed by atoms with E-state index in [1.807, 2.05) is 0 Å². The van der Waals surface area contributed by atoms with E-state index in [0.29, 0.717) is 17.9 Å². The Morgan fingerprint density at radius 2 is 2.12 bits per heavy atom. The van der Waals surface area contributed by atoms with Gasteiger partial charge in [0.05, 0.1) is 6.04 Å². The van der Waals surface area contributed by atoms with Crippen molar-refractivity contribution in [3.8, 4) is 0 Å². The first kappa shape index (κ1) is 14.0. The second-order valence-electron chi connectivity index (χ2n) is 3.96. The Hall–Kier alpha value is -1.09. The number of halogens is 2. The molecule has 1 atom stereocenters. The maximum atomic E-state index is 13.4. The van der Waals surface area contributed by atoms with Gasteiger partial charge in [-0.1, -0.05) is 18.2 Å². The monoisotopic (exact) mass is 257 g/mol. The van der Waals surface area contributed by atoms with Crippen molar-refractivity contribution in [2.75, 3.05) is 5.88 Å². The highest BCUT2D eigenvalue weighted by molar-refractivity contribution is 6.17. The average Bonchev–Trinajstić information content (AvgIpc) is 2.29. The summed E-state index contributed by atoms with van der Waals surface area (Å²) in [7, 11) is 0. The van der Waals surface area contributed by atoms with Crippen LogP contribution in [-0.4, -0.2) is 11.8 Å². The van der Waals surface area contributed by atoms with E-state index in [1.165, 1.54) is 6.07 Å². The largest absolute Gasteiger partial charge is 0.349 e. The zero-order chi connectivity index (χ0) is 12.7. The maximum Gasteiger partial charge on any atom is 0.220 e. The maximum absolute atomic E-state index is 13.4. The molecule has 4 heteroatoms. The summed E-state index contributed by atoms with van der Waals surface area (Å²) in [5, 5.41) is 2.77. The summed E-state index contributed by atoms with van der Waals surface area (Å²) in [5.41, 5.74) is 0.512. The van der Waals surface area contributed by atoms with Crippen LogP contribution < -0.4 is 5.32 Å². The standard InChI is InChI=1S/C13H17ClFNO/c1-10(11-6-2-3-7-12(11)15)16-13(17)8-4-5-9-14/h2-3,6-7,10H,4-5,8-9H2,1H3,(H,16,17). The summed E-state index contributed by atoms with van der Waals surface area (Å²) in [6.07, 6.45) is 2.02. The van der Waals surface area contributed by atoms with Gasteiger partial charge in [-0.05, 0) is 25.8 Å². The van der Waals surface area contributed by atoms with Gasteiger partial charge in [-0.25, -0.2) is 4.39 Å². The lowest BCUT2D eigenvalue weighted by atomic mass is 10.1. The van der Waals surface area contributed by atoms with E-state index in [1.54, 1.807) is 25.1 Å². The third kappa shape index (κ3) is 4.73. The van der Waals surface area contributed by atoms with Gasteiger partial charge in [0.25, 0.3) is 0 Å². The molecule has 0 saturated heterocycles. The Balaban J connectivity index is 2.46. The van der Waals surface area contributed by atoms with E-state index in [-0.39, 0.29) is 17.8 Å². The first-order valence-electron chi connectivity index (χ1n) is 5.75. The Morgan fingerprint density at radius 1 is 1.41 bits per heavy atom. The van der Waals surface area contributed by atoms with Crippen LogP contribution in [0.1, 0.15) is 37.8 Å². The van der Waals surface area contributed by atoms with Crippen LogP contribution in [-0.2, 0) is 4.79 Å².